The molecule has 2 aromatic rings. The van der Waals surface area contributed by atoms with Gasteiger partial charge in [0.2, 0.25) is 5.91 Å². The van der Waals surface area contributed by atoms with Gasteiger partial charge in [-0.15, -0.1) is 0 Å². The summed E-state index contributed by atoms with van der Waals surface area (Å²) in [5.41, 5.74) is 3.18. The Labute approximate surface area is 195 Å². The van der Waals surface area contributed by atoms with Gasteiger partial charge in [0.25, 0.3) is 0 Å². The monoisotopic (exact) mass is 459 g/mol. The fourth-order valence-corrected chi connectivity index (χ4v) is 5.31. The van der Waals surface area contributed by atoms with Crippen LogP contribution in [-0.4, -0.2) is 55.4 Å². The lowest BCUT2D eigenvalue weighted by Crippen LogP contribution is -2.39. The first-order valence-corrected chi connectivity index (χ1v) is 12.1. The maximum Gasteiger partial charge on any atom is 0.222 e. The average Bonchev–Trinajstić information content (AvgIpc) is 3.21. The van der Waals surface area contributed by atoms with Crippen LogP contribution in [0.1, 0.15) is 56.6 Å². The van der Waals surface area contributed by atoms with Gasteiger partial charge in [0.1, 0.15) is 0 Å². The van der Waals surface area contributed by atoms with Crippen LogP contribution >= 0.6 is 11.6 Å². The molecular weight excluding hydrogens is 426 g/mol. The van der Waals surface area contributed by atoms with E-state index in [1.807, 2.05) is 18.2 Å². The van der Waals surface area contributed by atoms with Crippen LogP contribution < -0.4 is 5.32 Å². The number of amides is 1. The second kappa shape index (κ2) is 10.8. The molecule has 0 unspecified atom stereocenters. The third kappa shape index (κ3) is 5.72. The van der Waals surface area contributed by atoms with Crippen molar-refractivity contribution in [3.63, 3.8) is 0 Å². The number of rotatable bonds is 8. The van der Waals surface area contributed by atoms with Gasteiger partial charge in [-0.05, 0) is 69.7 Å². The molecule has 2 aliphatic rings. The van der Waals surface area contributed by atoms with Crippen molar-refractivity contribution in [3.05, 3.63) is 41.1 Å². The van der Waals surface area contributed by atoms with E-state index in [-0.39, 0.29) is 5.91 Å². The number of benzene rings is 1. The van der Waals surface area contributed by atoms with Crippen molar-refractivity contribution in [2.24, 2.45) is 5.92 Å². The van der Waals surface area contributed by atoms with Gasteiger partial charge in [0.15, 0.2) is 5.58 Å². The summed E-state index contributed by atoms with van der Waals surface area (Å²) >= 11 is 6.07. The molecule has 1 aliphatic carbocycles. The van der Waals surface area contributed by atoms with E-state index in [1.54, 1.807) is 7.11 Å². The van der Waals surface area contributed by atoms with Gasteiger partial charge in [-0.1, -0.05) is 28.9 Å². The van der Waals surface area contributed by atoms with Gasteiger partial charge < -0.3 is 14.6 Å². The van der Waals surface area contributed by atoms with Crippen molar-refractivity contribution < 1.29 is 14.1 Å². The molecule has 0 spiro atoms. The van der Waals surface area contributed by atoms with Gasteiger partial charge in [0, 0.05) is 48.5 Å². The number of piperidine rings is 1. The van der Waals surface area contributed by atoms with E-state index >= 15 is 0 Å². The molecule has 1 aliphatic heterocycles. The summed E-state index contributed by atoms with van der Waals surface area (Å²) in [4.78, 5) is 14.4. The molecule has 1 amide bonds. The van der Waals surface area contributed by atoms with Crippen molar-refractivity contribution >= 4 is 28.5 Å². The van der Waals surface area contributed by atoms with Crippen molar-refractivity contribution in [2.45, 2.75) is 56.9 Å². The minimum Gasteiger partial charge on any atom is -0.384 e. The molecule has 1 saturated heterocycles. The van der Waals surface area contributed by atoms with Crippen molar-refractivity contribution in [1.29, 1.82) is 0 Å². The molecule has 1 aromatic carbocycles. The molecule has 0 atom stereocenters. The predicted octanol–water partition coefficient (Wildman–Crippen LogP) is 4.93. The Morgan fingerprint density at radius 2 is 2.00 bits per heavy atom. The summed E-state index contributed by atoms with van der Waals surface area (Å²) in [6.07, 6.45) is 6.89. The van der Waals surface area contributed by atoms with Gasteiger partial charge in [0.05, 0.1) is 12.3 Å². The molecule has 174 valence electrons. The summed E-state index contributed by atoms with van der Waals surface area (Å²) in [7, 11) is 1.62. The molecule has 7 heteroatoms. The number of methoxy groups -OCH3 is 1. The first-order valence-electron chi connectivity index (χ1n) is 11.8. The summed E-state index contributed by atoms with van der Waals surface area (Å²) in [6.45, 7) is 7.99. The quantitative estimate of drug-likeness (QED) is 0.567. The maximum absolute atomic E-state index is 11.9. The Bertz CT molecular complexity index is 928. The lowest BCUT2D eigenvalue weighted by molar-refractivity contribution is -0.122. The number of halogens is 1. The zero-order chi connectivity index (χ0) is 22.5. The van der Waals surface area contributed by atoms with Crippen LogP contribution in [0.4, 0.5) is 0 Å². The van der Waals surface area contributed by atoms with Crippen molar-refractivity contribution in [1.82, 2.24) is 15.4 Å². The smallest absolute Gasteiger partial charge is 0.222 e. The van der Waals surface area contributed by atoms with Crippen molar-refractivity contribution in [2.75, 3.05) is 33.4 Å². The normalized spacial score (nSPS) is 22.8. The Balaban J connectivity index is 1.21. The minimum atomic E-state index is 0.0972. The standard InChI is InChI=1S/C25H34ClN3O3/c1-17(18-3-6-21(7-4-18)27-24(30)11-14-31-2)16-29-12-9-19(10-13-29)25-22-8-5-20(26)15-23(22)32-28-25/h5,8,15,18-19,21H,1,3-4,6-7,9-14,16H2,2H3,(H,27,30). The second-order valence-electron chi connectivity index (χ2n) is 9.28. The van der Waals surface area contributed by atoms with Crippen LogP contribution in [0.5, 0.6) is 0 Å². The second-order valence-corrected chi connectivity index (χ2v) is 9.71. The molecule has 2 heterocycles. The van der Waals surface area contributed by atoms with E-state index in [2.05, 4.69) is 22.0 Å². The van der Waals surface area contributed by atoms with Crippen molar-refractivity contribution in [3.8, 4) is 0 Å². The molecule has 0 bridgehead atoms. The van der Waals surface area contributed by atoms with E-state index in [9.17, 15) is 4.79 Å². The average molecular weight is 460 g/mol. The Kier molecular flexibility index (Phi) is 7.87. The third-order valence-electron chi connectivity index (χ3n) is 7.07. The number of aromatic nitrogens is 1. The largest absolute Gasteiger partial charge is 0.384 e. The topological polar surface area (TPSA) is 67.6 Å². The lowest BCUT2D eigenvalue weighted by atomic mass is 9.81. The number of likely N-dealkylation sites (tertiary alicyclic amines) is 1. The van der Waals surface area contributed by atoms with Gasteiger partial charge in [-0.2, -0.15) is 0 Å². The highest BCUT2D eigenvalue weighted by atomic mass is 35.5. The molecule has 4 rings (SSSR count). The zero-order valence-electron chi connectivity index (χ0n) is 18.9. The molecule has 1 saturated carbocycles. The summed E-state index contributed by atoms with van der Waals surface area (Å²) in [5, 5.41) is 9.27. The first-order chi connectivity index (χ1) is 15.5. The zero-order valence-corrected chi connectivity index (χ0v) is 19.7. The molecule has 6 nitrogen and oxygen atoms in total. The highest BCUT2D eigenvalue weighted by Gasteiger charge is 2.28. The third-order valence-corrected chi connectivity index (χ3v) is 7.30. The van der Waals surface area contributed by atoms with E-state index in [4.69, 9.17) is 20.9 Å². The predicted molar refractivity (Wildman–Crippen MR) is 127 cm³/mol. The number of hydrogen-bond acceptors (Lipinski definition) is 5. The first kappa shape index (κ1) is 23.3. The number of carbonyl (C=O) groups is 1. The van der Waals surface area contributed by atoms with Crippen LogP contribution in [0, 0.1) is 5.92 Å². The fraction of sp³-hybridized carbons (Fsp3) is 0.600. The number of nitrogens with zero attached hydrogens (tertiary/aromatic N) is 2. The molecular formula is C25H34ClN3O3. The van der Waals surface area contributed by atoms with Crippen LogP contribution in [0.25, 0.3) is 11.0 Å². The number of hydrogen-bond donors (Lipinski definition) is 1. The lowest BCUT2D eigenvalue weighted by Gasteiger charge is -2.35. The van der Waals surface area contributed by atoms with Crippen LogP contribution in [0.15, 0.2) is 34.9 Å². The van der Waals surface area contributed by atoms with Gasteiger partial charge in [-0.25, -0.2) is 0 Å². The number of ether oxygens (including phenoxy) is 1. The van der Waals surface area contributed by atoms with E-state index < -0.39 is 0 Å². The minimum absolute atomic E-state index is 0.0972. The fourth-order valence-electron chi connectivity index (χ4n) is 5.15. The van der Waals surface area contributed by atoms with E-state index in [1.165, 1.54) is 5.57 Å². The van der Waals surface area contributed by atoms with Crippen LogP contribution in [0.3, 0.4) is 0 Å². The Morgan fingerprint density at radius 3 is 2.72 bits per heavy atom. The Hall–Kier alpha value is -1.89. The number of nitrogens with one attached hydrogen (secondary N) is 1. The number of fused-ring (bicyclic) bond motifs is 1. The Morgan fingerprint density at radius 1 is 1.25 bits per heavy atom. The molecule has 0 radical (unpaired) electrons. The SMILES string of the molecule is C=C(CN1CCC(c2noc3cc(Cl)ccc23)CC1)C1CCC(NC(=O)CCOC)CC1. The maximum atomic E-state index is 11.9. The number of carbonyl (C=O) groups excluding carboxylic acids is 1. The van der Waals surface area contributed by atoms with Crippen LogP contribution in [0.2, 0.25) is 5.02 Å². The molecule has 2 fully saturated rings. The van der Waals surface area contributed by atoms with Gasteiger partial charge >= 0.3 is 0 Å². The molecule has 1 N–H and O–H groups in total. The highest BCUT2D eigenvalue weighted by molar-refractivity contribution is 6.31. The van der Waals surface area contributed by atoms with E-state index in [0.717, 1.165) is 74.8 Å². The highest BCUT2D eigenvalue weighted by Crippen LogP contribution is 2.35. The molecule has 1 aromatic heterocycles. The summed E-state index contributed by atoms with van der Waals surface area (Å²) < 4.78 is 10.5. The van der Waals surface area contributed by atoms with E-state index in [0.29, 0.717) is 35.9 Å². The summed E-state index contributed by atoms with van der Waals surface area (Å²) in [5.74, 6) is 1.09. The van der Waals surface area contributed by atoms with Crippen LogP contribution in [-0.2, 0) is 9.53 Å². The molecule has 32 heavy (non-hydrogen) atoms. The van der Waals surface area contributed by atoms with Gasteiger partial charge in [-0.3, -0.25) is 9.69 Å². The summed E-state index contributed by atoms with van der Waals surface area (Å²) in [6, 6.07) is 6.07.